The van der Waals surface area contributed by atoms with Gasteiger partial charge in [0, 0.05) is 24.7 Å². The monoisotopic (exact) mass is 580 g/mol. The number of nitrogens with zero attached hydrogens (tertiary/aromatic N) is 2. The highest BCUT2D eigenvalue weighted by Gasteiger charge is 2.62. The molecule has 0 radical (unpaired) electrons. The van der Waals surface area contributed by atoms with Crippen molar-refractivity contribution in [3.63, 3.8) is 0 Å². The molecule has 2 heterocycles. The molecular formula is C27H34F2N4O8. The number of para-hydroxylation sites is 1. The number of carbonyl (C=O) groups excluding carboxylic acids is 3. The molecule has 0 spiro atoms. The minimum atomic E-state index is -3.91. The van der Waals surface area contributed by atoms with Crippen LogP contribution in [0.2, 0.25) is 0 Å². The summed E-state index contributed by atoms with van der Waals surface area (Å²) < 4.78 is 46.2. The molecule has 0 saturated carbocycles. The van der Waals surface area contributed by atoms with E-state index in [4.69, 9.17) is 14.2 Å². The Kier molecular flexibility index (Phi) is 11.7. The zero-order chi connectivity index (χ0) is 29.8. The Morgan fingerprint density at radius 1 is 1.07 bits per heavy atom. The lowest BCUT2D eigenvalue weighted by atomic mass is 10.1. The van der Waals surface area contributed by atoms with E-state index in [1.165, 1.54) is 0 Å². The summed E-state index contributed by atoms with van der Waals surface area (Å²) in [4.78, 5) is 52.3. The summed E-state index contributed by atoms with van der Waals surface area (Å²) in [6.45, 7) is 1.25. The Morgan fingerprint density at radius 2 is 1.80 bits per heavy atom. The molecule has 224 valence electrons. The van der Waals surface area contributed by atoms with E-state index < -0.39 is 48.7 Å². The Bertz CT molecular complexity index is 1230. The Hall–Kier alpha value is -3.91. The maximum atomic E-state index is 15.3. The molecule has 3 unspecified atom stereocenters. The number of anilines is 2. The number of carbonyl (C=O) groups is 3. The number of benzene rings is 1. The van der Waals surface area contributed by atoms with Crippen molar-refractivity contribution < 1.29 is 42.5 Å². The molecule has 1 aliphatic heterocycles. The molecule has 2 amide bonds. The van der Waals surface area contributed by atoms with E-state index in [1.54, 1.807) is 24.3 Å². The van der Waals surface area contributed by atoms with E-state index in [2.05, 4.69) is 15.6 Å². The maximum Gasteiger partial charge on any atom is 0.412 e. The molecule has 3 rings (SSSR count). The Morgan fingerprint density at radius 3 is 2.49 bits per heavy atom. The van der Waals surface area contributed by atoms with Gasteiger partial charge in [0.15, 0.2) is 6.10 Å². The second-order valence-electron chi connectivity index (χ2n) is 9.39. The van der Waals surface area contributed by atoms with E-state index in [-0.39, 0.29) is 37.6 Å². The van der Waals surface area contributed by atoms with Crippen LogP contribution in [0.5, 0.6) is 0 Å². The molecule has 0 aliphatic carbocycles. The van der Waals surface area contributed by atoms with Crippen LogP contribution in [0.3, 0.4) is 0 Å². The van der Waals surface area contributed by atoms with Crippen molar-refractivity contribution in [2.75, 3.05) is 23.8 Å². The number of rotatable bonds is 14. The van der Waals surface area contributed by atoms with Gasteiger partial charge < -0.3 is 24.6 Å². The first-order chi connectivity index (χ1) is 19.6. The second-order valence-corrected chi connectivity index (χ2v) is 9.39. The fraction of sp³-hybridized carbons (Fsp3) is 0.519. The first-order valence-corrected chi connectivity index (χ1v) is 13.4. The highest BCUT2D eigenvalue weighted by Crippen LogP contribution is 2.44. The van der Waals surface area contributed by atoms with Crippen LogP contribution in [-0.4, -0.2) is 64.0 Å². The van der Waals surface area contributed by atoms with Crippen molar-refractivity contribution in [2.45, 2.75) is 76.2 Å². The van der Waals surface area contributed by atoms with Gasteiger partial charge in [-0.05, 0) is 37.5 Å². The molecule has 3 N–H and O–H groups in total. The molecule has 1 fully saturated rings. The van der Waals surface area contributed by atoms with Gasteiger partial charge in [0.2, 0.25) is 12.1 Å². The van der Waals surface area contributed by atoms with Gasteiger partial charge in [-0.2, -0.15) is 13.8 Å². The van der Waals surface area contributed by atoms with Crippen LogP contribution in [0, 0.1) is 0 Å². The summed E-state index contributed by atoms with van der Waals surface area (Å²) in [5.74, 6) is -5.35. The third-order valence-electron chi connectivity index (χ3n) is 6.17. The highest BCUT2D eigenvalue weighted by atomic mass is 19.3. The predicted molar refractivity (Wildman–Crippen MR) is 142 cm³/mol. The molecule has 14 heteroatoms. The van der Waals surface area contributed by atoms with Crippen LogP contribution in [0.1, 0.15) is 58.1 Å². The number of hydrogen-bond acceptors (Lipinski definition) is 9. The average molecular weight is 581 g/mol. The third kappa shape index (κ3) is 9.05. The molecule has 2 aromatic rings. The van der Waals surface area contributed by atoms with Crippen LogP contribution in [0.15, 0.2) is 47.4 Å². The number of ether oxygens (including phenoxy) is 3. The van der Waals surface area contributed by atoms with Crippen molar-refractivity contribution in [3.8, 4) is 0 Å². The number of aromatic nitrogens is 2. The number of nitrogens with one attached hydrogen (secondary N) is 2. The smallest absolute Gasteiger partial charge is 0.412 e. The number of aliphatic hydroxyl groups is 1. The van der Waals surface area contributed by atoms with Crippen LogP contribution in [0.4, 0.5) is 25.1 Å². The zero-order valence-corrected chi connectivity index (χ0v) is 22.6. The number of unbranched alkanes of at least 4 members (excludes halogenated alkanes) is 3. The van der Waals surface area contributed by atoms with E-state index in [9.17, 15) is 24.3 Å². The van der Waals surface area contributed by atoms with Crippen LogP contribution in [-0.2, 0) is 23.8 Å². The van der Waals surface area contributed by atoms with Crippen molar-refractivity contribution in [2.24, 2.45) is 0 Å². The molecule has 1 aliphatic rings. The summed E-state index contributed by atoms with van der Waals surface area (Å²) in [6, 6.07) is 9.91. The molecule has 3 atom stereocenters. The van der Waals surface area contributed by atoms with Gasteiger partial charge in [0.25, 0.3) is 0 Å². The van der Waals surface area contributed by atoms with Crippen molar-refractivity contribution >= 4 is 29.5 Å². The molecule has 0 bridgehead atoms. The number of esters is 1. The summed E-state index contributed by atoms with van der Waals surface area (Å²) in [6.07, 6.45) is -3.07. The molecule has 1 aromatic heterocycles. The molecule has 41 heavy (non-hydrogen) atoms. The summed E-state index contributed by atoms with van der Waals surface area (Å²) in [5.41, 5.74) is -0.540. The van der Waals surface area contributed by atoms with E-state index in [1.807, 2.05) is 13.0 Å². The van der Waals surface area contributed by atoms with Crippen molar-refractivity contribution in [1.82, 2.24) is 9.55 Å². The minimum Gasteiger partial charge on any atom is -0.453 e. The number of hydrogen-bond donors (Lipinski definition) is 3. The second kappa shape index (κ2) is 15.2. The third-order valence-corrected chi connectivity index (χ3v) is 6.17. The number of amides is 2. The Labute approximate surface area is 235 Å². The molecule has 12 nitrogen and oxygen atoms in total. The van der Waals surface area contributed by atoms with E-state index in [0.29, 0.717) is 23.1 Å². The summed E-state index contributed by atoms with van der Waals surface area (Å²) in [7, 11) is 0. The van der Waals surface area contributed by atoms with Gasteiger partial charge in [-0.25, -0.2) is 9.59 Å². The maximum absolute atomic E-state index is 15.3. The lowest BCUT2D eigenvalue weighted by molar-refractivity contribution is -0.176. The first kappa shape index (κ1) is 31.6. The fourth-order valence-corrected chi connectivity index (χ4v) is 4.08. The minimum absolute atomic E-state index is 0.115. The van der Waals surface area contributed by atoms with E-state index >= 15 is 8.78 Å². The lowest BCUT2D eigenvalue weighted by Crippen LogP contribution is -2.44. The summed E-state index contributed by atoms with van der Waals surface area (Å²) in [5, 5.41) is 14.6. The van der Waals surface area contributed by atoms with Crippen molar-refractivity contribution in [1.29, 1.82) is 0 Å². The Balaban J connectivity index is 1.53. The number of alkyl halides is 2. The normalized spacial score (nSPS) is 19.4. The van der Waals surface area contributed by atoms with Gasteiger partial charge >= 0.3 is 23.7 Å². The van der Waals surface area contributed by atoms with Crippen LogP contribution in [0.25, 0.3) is 0 Å². The largest absolute Gasteiger partial charge is 0.453 e. The van der Waals surface area contributed by atoms with Gasteiger partial charge in [0.05, 0.1) is 13.2 Å². The van der Waals surface area contributed by atoms with E-state index in [0.717, 1.165) is 25.1 Å². The van der Waals surface area contributed by atoms with Gasteiger partial charge in [-0.1, -0.05) is 38.0 Å². The first-order valence-electron chi connectivity index (χ1n) is 13.4. The zero-order valence-electron chi connectivity index (χ0n) is 22.6. The quantitative estimate of drug-likeness (QED) is 0.224. The van der Waals surface area contributed by atoms with Crippen molar-refractivity contribution in [3.05, 3.63) is 53.1 Å². The van der Waals surface area contributed by atoms with Gasteiger partial charge in [-0.3, -0.25) is 19.5 Å². The van der Waals surface area contributed by atoms with Crippen LogP contribution >= 0.6 is 0 Å². The molecule has 1 aromatic carbocycles. The number of aliphatic hydroxyl groups excluding tert-OH is 1. The van der Waals surface area contributed by atoms with Crippen LogP contribution < -0.4 is 16.3 Å². The number of halogens is 2. The highest BCUT2D eigenvalue weighted by molar-refractivity contribution is 5.90. The summed E-state index contributed by atoms with van der Waals surface area (Å²) >= 11 is 0. The fourth-order valence-electron chi connectivity index (χ4n) is 4.08. The molecular weight excluding hydrogens is 546 g/mol. The molecule has 1 saturated heterocycles. The predicted octanol–water partition coefficient (Wildman–Crippen LogP) is 3.62. The van der Waals surface area contributed by atoms with Gasteiger partial charge in [0.1, 0.15) is 11.9 Å². The standard InChI is InChI=1S/C27H34F2N4O8/c1-2-3-9-16-39-26(38)32-20-14-15-33(25(37)31-20)24-27(28,29)23(19(17-34)40-24)41-22(36)13-8-7-12-21(35)30-18-10-5-4-6-11-18/h4-6,10-11,14-15,19,23-24,34H,2-3,7-9,12-13,16-17H2,1H3,(H,30,35)(H,31,32,37,38). The topological polar surface area (TPSA) is 158 Å². The lowest BCUT2D eigenvalue weighted by Gasteiger charge is -2.24. The SMILES string of the molecule is CCCCCOC(=O)Nc1ccn(C2OC(CO)C(OC(=O)CCCCC(=O)Nc3ccccc3)C2(F)F)c(=O)n1. The average Bonchev–Trinajstić information content (AvgIpc) is 3.18. The van der Waals surface area contributed by atoms with Gasteiger partial charge in [-0.15, -0.1) is 0 Å².